The minimum atomic E-state index is -0.505. The summed E-state index contributed by atoms with van der Waals surface area (Å²) in [6.45, 7) is 11.0. The molecule has 0 radical (unpaired) electrons. The third-order valence-corrected chi connectivity index (χ3v) is 5.29. The number of esters is 1. The molecule has 1 aromatic heterocycles. The second kappa shape index (κ2) is 10.5. The first kappa shape index (κ1) is 23.7. The molecule has 3 atom stereocenters. The average Bonchev–Trinajstić information content (AvgIpc) is 2.65. The molecule has 2 rings (SSSR count). The van der Waals surface area contributed by atoms with Crippen molar-refractivity contribution in [3.63, 3.8) is 0 Å². The normalized spacial score (nSPS) is 18.5. The number of nitrogens with zero attached hydrogens (tertiary/aromatic N) is 2. The number of rotatable bonds is 8. The summed E-state index contributed by atoms with van der Waals surface area (Å²) in [4.78, 5) is 29.5. The summed E-state index contributed by atoms with van der Waals surface area (Å²) in [5.41, 5.74) is 0.568. The van der Waals surface area contributed by atoms with Gasteiger partial charge in [0.05, 0.1) is 19.3 Å². The molecule has 1 aliphatic heterocycles. The van der Waals surface area contributed by atoms with Crippen LogP contribution in [0.25, 0.3) is 0 Å². The largest absolute Gasteiger partial charge is 0.490 e. The molecule has 0 aromatic carbocycles. The number of aromatic nitrogens is 1. The number of hydrogen-bond donors (Lipinski definition) is 0. The zero-order valence-electron chi connectivity index (χ0n) is 18.9. The Labute approximate surface area is 179 Å². The van der Waals surface area contributed by atoms with Gasteiger partial charge in [0.2, 0.25) is 0 Å². The summed E-state index contributed by atoms with van der Waals surface area (Å²) in [5, 5.41) is 0. The fourth-order valence-corrected chi connectivity index (χ4v) is 3.11. The average molecular weight is 419 g/mol. The van der Waals surface area contributed by atoms with Crippen LogP contribution in [0.2, 0.25) is 0 Å². The maximum absolute atomic E-state index is 12.2. The van der Waals surface area contributed by atoms with E-state index in [1.807, 2.05) is 39.1 Å². The van der Waals surface area contributed by atoms with Gasteiger partial charge in [-0.05, 0) is 57.1 Å². The van der Waals surface area contributed by atoms with Crippen molar-refractivity contribution in [3.8, 4) is 5.75 Å². The first-order valence-corrected chi connectivity index (χ1v) is 10.4. The second-order valence-electron chi connectivity index (χ2n) is 8.81. The molecule has 0 N–H and O–H groups in total. The SMILES string of the molecule is COC(=O)/C=C/C[C@@H](C)[C@H](C)c1cncc(OC[C@@H]2CCN2C(=O)OC(C)(C)C)c1. The van der Waals surface area contributed by atoms with Crippen LogP contribution >= 0.6 is 0 Å². The van der Waals surface area contributed by atoms with Crippen molar-refractivity contribution in [1.29, 1.82) is 0 Å². The van der Waals surface area contributed by atoms with Gasteiger partial charge in [0.1, 0.15) is 18.0 Å². The minimum absolute atomic E-state index is 0.0170. The van der Waals surface area contributed by atoms with E-state index >= 15 is 0 Å². The molecule has 7 nitrogen and oxygen atoms in total. The van der Waals surface area contributed by atoms with Crippen LogP contribution in [0.1, 0.15) is 58.9 Å². The van der Waals surface area contributed by atoms with E-state index in [2.05, 4.69) is 23.6 Å². The Balaban J connectivity index is 1.89. The van der Waals surface area contributed by atoms with Crippen LogP contribution in [0.5, 0.6) is 5.75 Å². The van der Waals surface area contributed by atoms with Gasteiger partial charge in [0.25, 0.3) is 0 Å². The number of allylic oxidation sites excluding steroid dienone is 1. The van der Waals surface area contributed by atoms with Crippen molar-refractivity contribution in [1.82, 2.24) is 9.88 Å². The highest BCUT2D eigenvalue weighted by Crippen LogP contribution is 2.29. The van der Waals surface area contributed by atoms with E-state index in [0.29, 0.717) is 24.8 Å². The highest BCUT2D eigenvalue weighted by molar-refractivity contribution is 5.81. The number of amides is 1. The molecule has 0 spiro atoms. The van der Waals surface area contributed by atoms with Gasteiger partial charge < -0.3 is 19.1 Å². The summed E-state index contributed by atoms with van der Waals surface area (Å²) in [6, 6.07) is 2.01. The van der Waals surface area contributed by atoms with Crippen LogP contribution in [-0.2, 0) is 14.3 Å². The van der Waals surface area contributed by atoms with Crippen molar-refractivity contribution in [3.05, 3.63) is 36.2 Å². The lowest BCUT2D eigenvalue weighted by Crippen LogP contribution is -2.55. The quantitative estimate of drug-likeness (QED) is 0.462. The molecule has 1 fully saturated rings. The van der Waals surface area contributed by atoms with E-state index in [1.54, 1.807) is 11.1 Å². The summed E-state index contributed by atoms with van der Waals surface area (Å²) in [7, 11) is 1.37. The molecule has 0 unspecified atom stereocenters. The maximum Gasteiger partial charge on any atom is 0.410 e. The summed E-state index contributed by atoms with van der Waals surface area (Å²) >= 11 is 0. The van der Waals surface area contributed by atoms with Gasteiger partial charge in [-0.15, -0.1) is 0 Å². The molecule has 30 heavy (non-hydrogen) atoms. The van der Waals surface area contributed by atoms with Gasteiger partial charge in [-0.3, -0.25) is 4.98 Å². The summed E-state index contributed by atoms with van der Waals surface area (Å²) in [6.07, 6.45) is 8.18. The lowest BCUT2D eigenvalue weighted by Gasteiger charge is -2.41. The van der Waals surface area contributed by atoms with Gasteiger partial charge in [-0.1, -0.05) is 19.9 Å². The Kier molecular flexibility index (Phi) is 8.26. The number of likely N-dealkylation sites (tertiary alicyclic amines) is 1. The van der Waals surface area contributed by atoms with Crippen molar-refractivity contribution < 1.29 is 23.8 Å². The summed E-state index contributed by atoms with van der Waals surface area (Å²) < 4.78 is 16.0. The van der Waals surface area contributed by atoms with Crippen molar-refractivity contribution in [2.45, 2.75) is 65.0 Å². The molecule has 2 heterocycles. The highest BCUT2D eigenvalue weighted by Gasteiger charge is 2.35. The van der Waals surface area contributed by atoms with E-state index in [-0.39, 0.29) is 24.0 Å². The number of hydrogen-bond acceptors (Lipinski definition) is 6. The molecular formula is C23H34N2O5. The predicted octanol–water partition coefficient (Wildman–Crippen LogP) is 4.33. The zero-order chi connectivity index (χ0) is 22.3. The van der Waals surface area contributed by atoms with Crippen molar-refractivity contribution in [2.75, 3.05) is 20.3 Å². The first-order chi connectivity index (χ1) is 14.1. The first-order valence-electron chi connectivity index (χ1n) is 10.4. The Morgan fingerprint density at radius 3 is 2.63 bits per heavy atom. The molecule has 1 aliphatic rings. The Bertz CT molecular complexity index is 756. The van der Waals surface area contributed by atoms with Gasteiger partial charge in [0, 0.05) is 18.8 Å². The summed E-state index contributed by atoms with van der Waals surface area (Å²) in [5.74, 6) is 0.901. The molecule has 1 saturated heterocycles. The fraction of sp³-hybridized carbons (Fsp3) is 0.609. The third-order valence-electron chi connectivity index (χ3n) is 5.29. The van der Waals surface area contributed by atoms with Crippen LogP contribution in [0.3, 0.4) is 0 Å². The van der Waals surface area contributed by atoms with Crippen molar-refractivity contribution >= 4 is 12.1 Å². The predicted molar refractivity (Wildman–Crippen MR) is 114 cm³/mol. The van der Waals surface area contributed by atoms with Gasteiger partial charge >= 0.3 is 12.1 Å². The number of methoxy groups -OCH3 is 1. The van der Waals surface area contributed by atoms with E-state index in [9.17, 15) is 9.59 Å². The van der Waals surface area contributed by atoms with E-state index in [1.165, 1.54) is 13.2 Å². The minimum Gasteiger partial charge on any atom is -0.490 e. The van der Waals surface area contributed by atoms with Crippen LogP contribution in [0.15, 0.2) is 30.6 Å². The molecular weight excluding hydrogens is 384 g/mol. The number of carbonyl (C=O) groups is 2. The Morgan fingerprint density at radius 1 is 1.30 bits per heavy atom. The lowest BCUT2D eigenvalue weighted by molar-refractivity contribution is -0.134. The Hall–Kier alpha value is -2.57. The van der Waals surface area contributed by atoms with Gasteiger partial charge in [0.15, 0.2) is 0 Å². The molecule has 166 valence electrons. The van der Waals surface area contributed by atoms with E-state index < -0.39 is 5.60 Å². The monoisotopic (exact) mass is 418 g/mol. The molecule has 0 saturated carbocycles. The van der Waals surface area contributed by atoms with Crippen LogP contribution < -0.4 is 4.74 Å². The molecule has 1 aromatic rings. The molecule has 1 amide bonds. The standard InChI is InChI=1S/C23H34N2O5/c1-16(8-7-9-21(26)28-6)17(2)18-12-20(14-24-13-18)29-15-19-10-11-25(19)22(27)30-23(3,4)5/h7,9,12-14,16-17,19H,8,10-11,15H2,1-6H3/b9-7+/t16-,17+,19+/m1/s1. The van der Waals surface area contributed by atoms with Crippen LogP contribution in [-0.4, -0.2) is 53.9 Å². The fourth-order valence-electron chi connectivity index (χ4n) is 3.11. The molecule has 0 aliphatic carbocycles. The zero-order valence-corrected chi connectivity index (χ0v) is 18.9. The second-order valence-corrected chi connectivity index (χ2v) is 8.81. The number of pyridine rings is 1. The van der Waals surface area contributed by atoms with Crippen molar-refractivity contribution in [2.24, 2.45) is 5.92 Å². The van der Waals surface area contributed by atoms with Gasteiger partial charge in [-0.25, -0.2) is 9.59 Å². The maximum atomic E-state index is 12.2. The third kappa shape index (κ3) is 7.04. The topological polar surface area (TPSA) is 78.0 Å². The smallest absolute Gasteiger partial charge is 0.410 e. The number of carbonyl (C=O) groups excluding carboxylic acids is 2. The van der Waals surface area contributed by atoms with E-state index in [4.69, 9.17) is 9.47 Å². The number of ether oxygens (including phenoxy) is 3. The van der Waals surface area contributed by atoms with Crippen LogP contribution in [0.4, 0.5) is 4.79 Å². The Morgan fingerprint density at radius 2 is 2.03 bits per heavy atom. The highest BCUT2D eigenvalue weighted by atomic mass is 16.6. The lowest BCUT2D eigenvalue weighted by atomic mass is 9.87. The molecule has 7 heteroatoms. The van der Waals surface area contributed by atoms with Crippen LogP contribution in [0, 0.1) is 5.92 Å². The van der Waals surface area contributed by atoms with E-state index in [0.717, 1.165) is 18.4 Å². The van der Waals surface area contributed by atoms with Gasteiger partial charge in [-0.2, -0.15) is 0 Å². The molecule has 0 bridgehead atoms.